The highest BCUT2D eigenvalue weighted by Gasteiger charge is 2.02. The first-order valence-corrected chi connectivity index (χ1v) is 8.13. The minimum Gasteiger partial charge on any atom is -0.462 e. The Balaban J connectivity index is 0.000000373. The molecule has 0 bridgehead atoms. The fraction of sp³-hybridized carbons (Fsp3) is 0.182. The first-order chi connectivity index (χ1) is 12.5. The van der Waals surface area contributed by atoms with Gasteiger partial charge in [0, 0.05) is 12.5 Å². The van der Waals surface area contributed by atoms with Crippen LogP contribution in [0.1, 0.15) is 35.4 Å². The average Bonchev–Trinajstić information content (AvgIpc) is 2.69. The van der Waals surface area contributed by atoms with Crippen LogP contribution >= 0.6 is 0 Å². The molecule has 0 aliphatic carbocycles. The van der Waals surface area contributed by atoms with Gasteiger partial charge in [0.25, 0.3) is 0 Å². The SMILES string of the molecule is C=CCC(O)c1ccccc1.C=CCOC(C)=O.O=Cc1ccccc1. The predicted octanol–water partition coefficient (Wildman–Crippen LogP) is 4.53. The predicted molar refractivity (Wildman–Crippen MR) is 105 cm³/mol. The first kappa shape index (κ1) is 23.0. The van der Waals surface area contributed by atoms with E-state index in [9.17, 15) is 14.7 Å². The number of ether oxygens (including phenoxy) is 1. The second-order valence-corrected chi connectivity index (χ2v) is 5.07. The van der Waals surface area contributed by atoms with Gasteiger partial charge in [0.2, 0.25) is 0 Å². The second-order valence-electron chi connectivity index (χ2n) is 5.07. The van der Waals surface area contributed by atoms with Crippen molar-refractivity contribution < 1.29 is 19.4 Å². The van der Waals surface area contributed by atoms with Crippen LogP contribution in [0.5, 0.6) is 0 Å². The van der Waals surface area contributed by atoms with Gasteiger partial charge in [0.1, 0.15) is 12.9 Å². The molecule has 138 valence electrons. The third-order valence-electron chi connectivity index (χ3n) is 2.91. The number of carbonyl (C=O) groups excluding carboxylic acids is 2. The molecule has 0 aliphatic rings. The van der Waals surface area contributed by atoms with Crippen LogP contribution < -0.4 is 0 Å². The Labute approximate surface area is 155 Å². The molecule has 1 unspecified atom stereocenters. The summed E-state index contributed by atoms with van der Waals surface area (Å²) in [5.41, 5.74) is 1.68. The van der Waals surface area contributed by atoms with E-state index in [0.29, 0.717) is 13.0 Å². The Morgan fingerprint density at radius 1 is 1.04 bits per heavy atom. The molecule has 0 saturated heterocycles. The number of aldehydes is 1. The van der Waals surface area contributed by atoms with E-state index in [1.807, 2.05) is 48.5 Å². The number of carbonyl (C=O) groups is 2. The third-order valence-corrected chi connectivity index (χ3v) is 2.91. The maximum atomic E-state index is 10.0. The molecule has 4 heteroatoms. The van der Waals surface area contributed by atoms with Crippen LogP contribution in [0.3, 0.4) is 0 Å². The van der Waals surface area contributed by atoms with E-state index >= 15 is 0 Å². The Hall–Kier alpha value is -2.98. The Kier molecular flexibility index (Phi) is 13.8. The molecule has 0 aromatic heterocycles. The van der Waals surface area contributed by atoms with Gasteiger partial charge < -0.3 is 9.84 Å². The topological polar surface area (TPSA) is 63.6 Å². The van der Waals surface area contributed by atoms with E-state index in [4.69, 9.17) is 0 Å². The van der Waals surface area contributed by atoms with Crippen LogP contribution in [-0.2, 0) is 9.53 Å². The number of aliphatic hydroxyl groups excluding tert-OH is 1. The van der Waals surface area contributed by atoms with E-state index in [2.05, 4.69) is 17.9 Å². The van der Waals surface area contributed by atoms with Crippen molar-refractivity contribution in [2.45, 2.75) is 19.4 Å². The molecule has 0 aliphatic heterocycles. The molecule has 4 nitrogen and oxygen atoms in total. The molecule has 0 amide bonds. The second kappa shape index (κ2) is 15.5. The average molecular weight is 354 g/mol. The minimum absolute atomic E-state index is 0.264. The van der Waals surface area contributed by atoms with Gasteiger partial charge in [0.15, 0.2) is 0 Å². The number of hydrogen-bond acceptors (Lipinski definition) is 4. The van der Waals surface area contributed by atoms with Crippen molar-refractivity contribution in [3.05, 3.63) is 97.1 Å². The summed E-state index contributed by atoms with van der Waals surface area (Å²) in [6.45, 7) is 8.60. The number of rotatable bonds is 6. The molecule has 2 aromatic carbocycles. The van der Waals surface area contributed by atoms with Crippen LogP contribution in [0.4, 0.5) is 0 Å². The largest absolute Gasteiger partial charge is 0.462 e. The van der Waals surface area contributed by atoms with E-state index in [1.54, 1.807) is 18.2 Å². The van der Waals surface area contributed by atoms with Crippen molar-refractivity contribution >= 4 is 12.3 Å². The van der Waals surface area contributed by atoms with Crippen LogP contribution in [0.2, 0.25) is 0 Å². The zero-order valence-corrected chi connectivity index (χ0v) is 15.1. The fourth-order valence-corrected chi connectivity index (χ4v) is 1.68. The van der Waals surface area contributed by atoms with E-state index in [-0.39, 0.29) is 5.97 Å². The normalized spacial score (nSPS) is 9.92. The molecule has 2 aromatic rings. The highest BCUT2D eigenvalue weighted by atomic mass is 16.5. The van der Waals surface area contributed by atoms with Gasteiger partial charge in [0.05, 0.1) is 6.10 Å². The first-order valence-electron chi connectivity index (χ1n) is 8.13. The Morgan fingerprint density at radius 2 is 1.58 bits per heavy atom. The number of esters is 1. The van der Waals surface area contributed by atoms with Gasteiger partial charge in [-0.2, -0.15) is 0 Å². The molecule has 0 saturated carbocycles. The standard InChI is InChI=1S/C10H12O.C7H6O.C5H8O2/c1-2-6-10(11)9-7-4-3-5-8-9;8-6-7-4-2-1-3-5-7;1-3-4-7-5(2)6/h2-5,7-8,10-11H,1,6H2;1-6H;3H,1,4H2,2H3. The summed E-state index contributed by atoms with van der Waals surface area (Å²) in [6.07, 6.45) is 4.30. The van der Waals surface area contributed by atoms with Crippen LogP contribution in [0.25, 0.3) is 0 Å². The molecule has 26 heavy (non-hydrogen) atoms. The van der Waals surface area contributed by atoms with Crippen LogP contribution in [0.15, 0.2) is 86.0 Å². The summed E-state index contributed by atoms with van der Waals surface area (Å²) < 4.78 is 4.43. The van der Waals surface area contributed by atoms with Gasteiger partial charge in [-0.25, -0.2) is 0 Å². The van der Waals surface area contributed by atoms with Gasteiger partial charge in [-0.3, -0.25) is 9.59 Å². The Bertz CT molecular complexity index is 636. The molecule has 2 rings (SSSR count). The van der Waals surface area contributed by atoms with E-state index in [0.717, 1.165) is 17.4 Å². The van der Waals surface area contributed by atoms with Gasteiger partial charge in [-0.05, 0) is 12.0 Å². The molecular formula is C22H26O4. The van der Waals surface area contributed by atoms with Gasteiger partial charge in [-0.15, -0.1) is 6.58 Å². The maximum absolute atomic E-state index is 10.0. The zero-order chi connectivity index (χ0) is 19.6. The summed E-state index contributed by atoms with van der Waals surface area (Å²) >= 11 is 0. The monoisotopic (exact) mass is 354 g/mol. The van der Waals surface area contributed by atoms with Crippen molar-refractivity contribution in [2.24, 2.45) is 0 Å². The van der Waals surface area contributed by atoms with Crippen molar-refractivity contribution in [3.8, 4) is 0 Å². The summed E-state index contributed by atoms with van der Waals surface area (Å²) in [7, 11) is 0. The quantitative estimate of drug-likeness (QED) is 0.470. The number of aliphatic hydroxyl groups is 1. The number of benzene rings is 2. The summed E-state index contributed by atoms with van der Waals surface area (Å²) in [5, 5.41) is 9.45. The van der Waals surface area contributed by atoms with Crippen LogP contribution in [0, 0.1) is 0 Å². The van der Waals surface area contributed by atoms with Crippen molar-refractivity contribution in [3.63, 3.8) is 0 Å². The molecule has 0 spiro atoms. The van der Waals surface area contributed by atoms with Gasteiger partial charge in [-0.1, -0.05) is 79.4 Å². The maximum Gasteiger partial charge on any atom is 0.302 e. The lowest BCUT2D eigenvalue weighted by Gasteiger charge is -2.06. The highest BCUT2D eigenvalue weighted by Crippen LogP contribution is 2.15. The third kappa shape index (κ3) is 12.4. The lowest BCUT2D eigenvalue weighted by molar-refractivity contribution is -0.139. The van der Waals surface area contributed by atoms with E-state index < -0.39 is 6.10 Å². The highest BCUT2D eigenvalue weighted by molar-refractivity contribution is 5.74. The smallest absolute Gasteiger partial charge is 0.302 e. The number of hydrogen-bond donors (Lipinski definition) is 1. The molecule has 0 radical (unpaired) electrons. The lowest BCUT2D eigenvalue weighted by atomic mass is 10.1. The van der Waals surface area contributed by atoms with Gasteiger partial charge >= 0.3 is 5.97 Å². The molecule has 1 atom stereocenters. The van der Waals surface area contributed by atoms with Crippen molar-refractivity contribution in [1.82, 2.24) is 0 Å². The molecule has 0 fully saturated rings. The minimum atomic E-state index is -0.395. The summed E-state index contributed by atoms with van der Waals surface area (Å²) in [6, 6.07) is 18.7. The molecular weight excluding hydrogens is 328 g/mol. The molecule has 0 heterocycles. The summed E-state index contributed by atoms with van der Waals surface area (Å²) in [4.78, 5) is 19.9. The van der Waals surface area contributed by atoms with E-state index in [1.165, 1.54) is 13.0 Å². The summed E-state index contributed by atoms with van der Waals surface area (Å²) in [5.74, 6) is -0.264. The van der Waals surface area contributed by atoms with Crippen LogP contribution in [-0.4, -0.2) is 24.0 Å². The fourth-order valence-electron chi connectivity index (χ4n) is 1.68. The lowest BCUT2D eigenvalue weighted by Crippen LogP contribution is -1.96. The van der Waals surface area contributed by atoms with Crippen molar-refractivity contribution in [1.29, 1.82) is 0 Å². The van der Waals surface area contributed by atoms with Crippen molar-refractivity contribution in [2.75, 3.05) is 6.61 Å². The zero-order valence-electron chi connectivity index (χ0n) is 15.1. The Morgan fingerprint density at radius 3 is 1.92 bits per heavy atom. The molecule has 1 N–H and O–H groups in total.